The Morgan fingerprint density at radius 1 is 1.64 bits per heavy atom. The SMILES string of the molecule is C=C/C=C(\C=C/CNC)OC. The van der Waals surface area contributed by atoms with Crippen molar-refractivity contribution in [1.29, 1.82) is 0 Å². The summed E-state index contributed by atoms with van der Waals surface area (Å²) in [6, 6.07) is 0. The van der Waals surface area contributed by atoms with Crippen LogP contribution in [0.3, 0.4) is 0 Å². The summed E-state index contributed by atoms with van der Waals surface area (Å²) in [5.41, 5.74) is 0. The van der Waals surface area contributed by atoms with E-state index in [2.05, 4.69) is 11.9 Å². The molecule has 0 aliphatic carbocycles. The minimum atomic E-state index is 0.815. The number of hydrogen-bond acceptors (Lipinski definition) is 2. The Kier molecular flexibility index (Phi) is 6.43. The summed E-state index contributed by atoms with van der Waals surface area (Å²) in [7, 11) is 3.53. The first-order chi connectivity index (χ1) is 5.35. The maximum Gasteiger partial charge on any atom is 0.118 e. The van der Waals surface area contributed by atoms with Crippen molar-refractivity contribution in [3.63, 3.8) is 0 Å². The van der Waals surface area contributed by atoms with E-state index in [1.165, 1.54) is 0 Å². The average Bonchev–Trinajstić information content (AvgIpc) is 2.03. The van der Waals surface area contributed by atoms with Gasteiger partial charge in [-0.1, -0.05) is 18.7 Å². The molecule has 0 aliphatic heterocycles. The third-order valence-electron chi connectivity index (χ3n) is 1.12. The van der Waals surface area contributed by atoms with Gasteiger partial charge in [-0.2, -0.15) is 0 Å². The number of likely N-dealkylation sites (N-methyl/N-ethyl adjacent to an activating group) is 1. The molecule has 0 atom stereocenters. The molecule has 0 aromatic rings. The molecular weight excluding hydrogens is 138 g/mol. The third kappa shape index (κ3) is 5.43. The van der Waals surface area contributed by atoms with Crippen LogP contribution in [0.1, 0.15) is 0 Å². The van der Waals surface area contributed by atoms with E-state index in [1.807, 2.05) is 25.3 Å². The molecular formula is C9H15NO. The Bertz CT molecular complexity index is 159. The molecule has 0 saturated carbocycles. The van der Waals surface area contributed by atoms with Crippen molar-refractivity contribution in [2.45, 2.75) is 0 Å². The van der Waals surface area contributed by atoms with E-state index in [9.17, 15) is 0 Å². The van der Waals surface area contributed by atoms with Crippen LogP contribution >= 0.6 is 0 Å². The highest BCUT2D eigenvalue weighted by Gasteiger charge is 1.83. The summed E-state index contributed by atoms with van der Waals surface area (Å²) in [5, 5.41) is 2.99. The molecule has 0 bridgehead atoms. The van der Waals surface area contributed by atoms with Gasteiger partial charge in [-0.15, -0.1) is 0 Å². The molecule has 0 amide bonds. The van der Waals surface area contributed by atoms with E-state index in [0.717, 1.165) is 12.3 Å². The van der Waals surface area contributed by atoms with Gasteiger partial charge >= 0.3 is 0 Å². The Labute approximate surface area is 68.3 Å². The lowest BCUT2D eigenvalue weighted by atomic mass is 10.4. The summed E-state index contributed by atoms with van der Waals surface area (Å²) in [6.45, 7) is 4.42. The van der Waals surface area contributed by atoms with E-state index in [0.29, 0.717) is 0 Å². The number of hydrogen-bond donors (Lipinski definition) is 1. The molecule has 0 aromatic heterocycles. The Morgan fingerprint density at radius 2 is 2.36 bits per heavy atom. The molecule has 0 rings (SSSR count). The van der Waals surface area contributed by atoms with Crippen LogP contribution in [-0.2, 0) is 4.74 Å². The zero-order valence-electron chi connectivity index (χ0n) is 7.13. The van der Waals surface area contributed by atoms with Crippen LogP contribution in [0, 0.1) is 0 Å². The first-order valence-corrected chi connectivity index (χ1v) is 3.53. The van der Waals surface area contributed by atoms with E-state index in [1.54, 1.807) is 13.2 Å². The third-order valence-corrected chi connectivity index (χ3v) is 1.12. The Hall–Kier alpha value is -1.02. The van der Waals surface area contributed by atoms with Crippen LogP contribution in [0.25, 0.3) is 0 Å². The molecule has 11 heavy (non-hydrogen) atoms. The maximum absolute atomic E-state index is 5.01. The van der Waals surface area contributed by atoms with Crippen LogP contribution < -0.4 is 5.32 Å². The standard InChI is InChI=1S/C9H15NO/c1-4-6-9(11-3)7-5-8-10-2/h4-7,10H,1,8H2,2-3H3/b7-5-,9-6+. The van der Waals surface area contributed by atoms with Crippen molar-refractivity contribution in [2.24, 2.45) is 0 Å². The molecule has 0 heterocycles. The molecule has 0 aliphatic rings. The summed E-state index contributed by atoms with van der Waals surface area (Å²) in [6.07, 6.45) is 7.39. The molecule has 0 spiro atoms. The lowest BCUT2D eigenvalue weighted by Gasteiger charge is -1.97. The van der Waals surface area contributed by atoms with Crippen molar-refractivity contribution in [2.75, 3.05) is 20.7 Å². The largest absolute Gasteiger partial charge is 0.497 e. The van der Waals surface area contributed by atoms with Crippen LogP contribution in [0.15, 0.2) is 36.6 Å². The summed E-state index contributed by atoms with van der Waals surface area (Å²) in [4.78, 5) is 0. The average molecular weight is 153 g/mol. The van der Waals surface area contributed by atoms with Gasteiger partial charge < -0.3 is 10.1 Å². The second kappa shape index (κ2) is 7.09. The number of methoxy groups -OCH3 is 1. The molecule has 0 saturated heterocycles. The van der Waals surface area contributed by atoms with Gasteiger partial charge in [-0.25, -0.2) is 0 Å². The molecule has 2 heteroatoms. The lowest BCUT2D eigenvalue weighted by molar-refractivity contribution is 0.307. The van der Waals surface area contributed by atoms with Crippen molar-refractivity contribution in [3.8, 4) is 0 Å². The van der Waals surface area contributed by atoms with Gasteiger partial charge in [0.2, 0.25) is 0 Å². The smallest absolute Gasteiger partial charge is 0.118 e. The Balaban J connectivity index is 3.86. The van der Waals surface area contributed by atoms with Gasteiger partial charge in [0.1, 0.15) is 5.76 Å². The maximum atomic E-state index is 5.01. The van der Waals surface area contributed by atoms with Crippen LogP contribution in [-0.4, -0.2) is 20.7 Å². The predicted molar refractivity (Wildman–Crippen MR) is 48.4 cm³/mol. The van der Waals surface area contributed by atoms with Gasteiger partial charge in [0, 0.05) is 6.54 Å². The quantitative estimate of drug-likeness (QED) is 0.477. The predicted octanol–water partition coefficient (Wildman–Crippen LogP) is 1.48. The van der Waals surface area contributed by atoms with E-state index in [-0.39, 0.29) is 0 Å². The van der Waals surface area contributed by atoms with Crippen LogP contribution in [0.2, 0.25) is 0 Å². The lowest BCUT2D eigenvalue weighted by Crippen LogP contribution is -2.03. The first kappa shape index (κ1) is 9.98. The van der Waals surface area contributed by atoms with Gasteiger partial charge in [0.15, 0.2) is 0 Å². The molecule has 1 N–H and O–H groups in total. The number of rotatable bonds is 5. The Morgan fingerprint density at radius 3 is 2.82 bits per heavy atom. The minimum absolute atomic E-state index is 0.815. The molecule has 0 unspecified atom stereocenters. The fourth-order valence-electron chi connectivity index (χ4n) is 0.601. The molecule has 0 aromatic carbocycles. The van der Waals surface area contributed by atoms with Gasteiger partial charge in [-0.3, -0.25) is 0 Å². The first-order valence-electron chi connectivity index (χ1n) is 3.53. The summed E-state index contributed by atoms with van der Waals surface area (Å²) < 4.78 is 5.01. The van der Waals surface area contributed by atoms with E-state index >= 15 is 0 Å². The number of ether oxygens (including phenoxy) is 1. The molecule has 62 valence electrons. The number of allylic oxidation sites excluding steroid dienone is 3. The highest BCUT2D eigenvalue weighted by atomic mass is 16.5. The molecule has 0 radical (unpaired) electrons. The minimum Gasteiger partial charge on any atom is -0.497 e. The fourth-order valence-corrected chi connectivity index (χ4v) is 0.601. The van der Waals surface area contributed by atoms with Crippen molar-refractivity contribution < 1.29 is 4.74 Å². The van der Waals surface area contributed by atoms with Crippen LogP contribution in [0.4, 0.5) is 0 Å². The molecule has 0 fully saturated rings. The van der Waals surface area contributed by atoms with Crippen molar-refractivity contribution in [1.82, 2.24) is 5.32 Å². The van der Waals surface area contributed by atoms with Gasteiger partial charge in [0.25, 0.3) is 0 Å². The highest BCUT2D eigenvalue weighted by Crippen LogP contribution is 1.96. The molecule has 2 nitrogen and oxygen atoms in total. The monoisotopic (exact) mass is 153 g/mol. The number of nitrogens with one attached hydrogen (secondary N) is 1. The highest BCUT2D eigenvalue weighted by molar-refractivity contribution is 5.17. The zero-order chi connectivity index (χ0) is 8.53. The van der Waals surface area contributed by atoms with E-state index in [4.69, 9.17) is 4.74 Å². The second-order valence-corrected chi connectivity index (χ2v) is 1.97. The normalized spacial score (nSPS) is 12.0. The second-order valence-electron chi connectivity index (χ2n) is 1.97. The summed E-state index contributed by atoms with van der Waals surface area (Å²) in [5.74, 6) is 0.815. The fraction of sp³-hybridized carbons (Fsp3) is 0.333. The van der Waals surface area contributed by atoms with E-state index < -0.39 is 0 Å². The van der Waals surface area contributed by atoms with Crippen LogP contribution in [0.5, 0.6) is 0 Å². The topological polar surface area (TPSA) is 21.3 Å². The van der Waals surface area contributed by atoms with Gasteiger partial charge in [0.05, 0.1) is 7.11 Å². The van der Waals surface area contributed by atoms with Crippen molar-refractivity contribution in [3.05, 3.63) is 36.6 Å². The van der Waals surface area contributed by atoms with Crippen molar-refractivity contribution >= 4 is 0 Å². The summed E-state index contributed by atoms with van der Waals surface area (Å²) >= 11 is 0. The van der Waals surface area contributed by atoms with Gasteiger partial charge in [-0.05, 0) is 19.2 Å². The zero-order valence-corrected chi connectivity index (χ0v) is 7.13.